The number of nitrogens with one attached hydrogen (secondary N) is 2. The molecule has 0 radical (unpaired) electrons. The normalized spacial score (nSPS) is 16.5. The standard InChI is InChI=1S/C19H26N4OS.HI/c1-12(2)18-13(3)25-17(23-18)11-21-19(20-4)22-15-9-10-24-16-8-6-5-7-14(15)16;/h5-8,12,15H,9-11H2,1-4H3,(H2,20,21,22);1H. The molecule has 0 fully saturated rings. The third kappa shape index (κ3) is 4.88. The summed E-state index contributed by atoms with van der Waals surface area (Å²) < 4.78 is 5.73. The fourth-order valence-electron chi connectivity index (χ4n) is 3.09. The Morgan fingerprint density at radius 2 is 2.15 bits per heavy atom. The molecule has 0 bridgehead atoms. The van der Waals surface area contributed by atoms with E-state index in [1.165, 1.54) is 16.1 Å². The molecule has 2 aromatic rings. The van der Waals surface area contributed by atoms with Crippen molar-refractivity contribution < 1.29 is 4.74 Å². The molecule has 3 rings (SSSR count). The van der Waals surface area contributed by atoms with Crippen molar-refractivity contribution in [2.75, 3.05) is 13.7 Å². The number of aliphatic imine (C=N–C) groups is 1. The molecule has 1 atom stereocenters. The van der Waals surface area contributed by atoms with Crippen LogP contribution in [0, 0.1) is 6.92 Å². The second-order valence-electron chi connectivity index (χ2n) is 6.50. The van der Waals surface area contributed by atoms with Gasteiger partial charge in [-0.05, 0) is 18.9 Å². The lowest BCUT2D eigenvalue weighted by Crippen LogP contribution is -2.40. The molecule has 0 aliphatic carbocycles. The molecular weight excluding hydrogens is 459 g/mol. The van der Waals surface area contributed by atoms with Crippen molar-refractivity contribution in [3.05, 3.63) is 45.4 Å². The van der Waals surface area contributed by atoms with Crippen molar-refractivity contribution >= 4 is 41.3 Å². The van der Waals surface area contributed by atoms with Crippen LogP contribution < -0.4 is 15.4 Å². The number of fused-ring (bicyclic) bond motifs is 1. The minimum absolute atomic E-state index is 0. The Kier molecular flexibility index (Phi) is 7.69. The number of rotatable bonds is 4. The van der Waals surface area contributed by atoms with Crippen LogP contribution in [0.2, 0.25) is 0 Å². The van der Waals surface area contributed by atoms with Crippen molar-refractivity contribution in [1.82, 2.24) is 15.6 Å². The highest BCUT2D eigenvalue weighted by Crippen LogP contribution is 2.31. The van der Waals surface area contributed by atoms with Crippen LogP contribution in [-0.2, 0) is 6.54 Å². The Labute approximate surface area is 176 Å². The Balaban J connectivity index is 0.00000243. The van der Waals surface area contributed by atoms with Crippen LogP contribution in [0.4, 0.5) is 0 Å². The van der Waals surface area contributed by atoms with E-state index < -0.39 is 0 Å². The van der Waals surface area contributed by atoms with Gasteiger partial charge in [0.2, 0.25) is 0 Å². The number of hydrogen-bond donors (Lipinski definition) is 2. The molecule has 7 heteroatoms. The van der Waals surface area contributed by atoms with E-state index >= 15 is 0 Å². The van der Waals surface area contributed by atoms with Gasteiger partial charge in [-0.15, -0.1) is 35.3 Å². The lowest BCUT2D eigenvalue weighted by atomic mass is 10.0. The van der Waals surface area contributed by atoms with E-state index in [1.807, 2.05) is 18.2 Å². The monoisotopic (exact) mass is 486 g/mol. The summed E-state index contributed by atoms with van der Waals surface area (Å²) in [6, 6.07) is 8.39. The van der Waals surface area contributed by atoms with Crippen molar-refractivity contribution in [2.24, 2.45) is 4.99 Å². The number of para-hydroxylation sites is 1. The molecule has 142 valence electrons. The van der Waals surface area contributed by atoms with Crippen LogP contribution in [0.5, 0.6) is 5.75 Å². The summed E-state index contributed by atoms with van der Waals surface area (Å²) in [4.78, 5) is 10.4. The summed E-state index contributed by atoms with van der Waals surface area (Å²) in [5.41, 5.74) is 2.38. The maximum Gasteiger partial charge on any atom is 0.191 e. The highest BCUT2D eigenvalue weighted by atomic mass is 127. The largest absolute Gasteiger partial charge is 0.493 e. The number of thiazole rings is 1. The van der Waals surface area contributed by atoms with Gasteiger partial charge < -0.3 is 15.4 Å². The van der Waals surface area contributed by atoms with Crippen LogP contribution in [-0.4, -0.2) is 24.6 Å². The maximum atomic E-state index is 5.73. The van der Waals surface area contributed by atoms with E-state index in [2.05, 4.69) is 42.5 Å². The first-order valence-electron chi connectivity index (χ1n) is 8.73. The van der Waals surface area contributed by atoms with Crippen molar-refractivity contribution in [1.29, 1.82) is 0 Å². The van der Waals surface area contributed by atoms with Crippen LogP contribution in [0.1, 0.15) is 53.4 Å². The summed E-state index contributed by atoms with van der Waals surface area (Å²) in [6.07, 6.45) is 0.922. The molecule has 2 N–H and O–H groups in total. The lowest BCUT2D eigenvalue weighted by molar-refractivity contribution is 0.261. The SMILES string of the molecule is CN=C(NCc1nc(C(C)C)c(C)s1)NC1CCOc2ccccc21.I. The predicted molar refractivity (Wildman–Crippen MR) is 119 cm³/mol. The fourth-order valence-corrected chi connectivity index (χ4v) is 4.11. The third-order valence-corrected chi connectivity index (χ3v) is 5.31. The smallest absolute Gasteiger partial charge is 0.191 e. The molecule has 0 saturated carbocycles. The molecule has 1 aliphatic rings. The second kappa shape index (κ2) is 9.55. The molecular formula is C19H27IN4OS. The van der Waals surface area contributed by atoms with Crippen LogP contribution in [0.15, 0.2) is 29.3 Å². The van der Waals surface area contributed by atoms with Gasteiger partial charge in [-0.3, -0.25) is 4.99 Å². The van der Waals surface area contributed by atoms with Crippen molar-refractivity contribution in [3.63, 3.8) is 0 Å². The Morgan fingerprint density at radius 1 is 1.38 bits per heavy atom. The molecule has 2 heterocycles. The molecule has 0 amide bonds. The minimum Gasteiger partial charge on any atom is -0.493 e. The van der Waals surface area contributed by atoms with Crippen LogP contribution in [0.25, 0.3) is 0 Å². The minimum atomic E-state index is 0. The van der Waals surface area contributed by atoms with Crippen molar-refractivity contribution in [3.8, 4) is 5.75 Å². The number of nitrogens with zero attached hydrogens (tertiary/aromatic N) is 2. The number of aryl methyl sites for hydroxylation is 1. The van der Waals surface area contributed by atoms with E-state index in [0.717, 1.165) is 29.7 Å². The zero-order chi connectivity index (χ0) is 17.8. The molecule has 1 aliphatic heterocycles. The van der Waals surface area contributed by atoms with E-state index in [1.54, 1.807) is 18.4 Å². The quantitative estimate of drug-likeness (QED) is 0.383. The summed E-state index contributed by atoms with van der Waals surface area (Å²) in [5, 5.41) is 8.00. The van der Waals surface area contributed by atoms with Gasteiger partial charge in [-0.25, -0.2) is 4.98 Å². The van der Waals surface area contributed by atoms with Gasteiger partial charge in [-0.2, -0.15) is 0 Å². The lowest BCUT2D eigenvalue weighted by Gasteiger charge is -2.27. The van der Waals surface area contributed by atoms with Crippen LogP contribution >= 0.6 is 35.3 Å². The van der Waals surface area contributed by atoms with Gasteiger partial charge in [0.25, 0.3) is 0 Å². The van der Waals surface area contributed by atoms with E-state index in [4.69, 9.17) is 9.72 Å². The second-order valence-corrected chi connectivity index (χ2v) is 7.79. The number of benzene rings is 1. The Bertz CT molecular complexity index is 760. The number of ether oxygens (including phenoxy) is 1. The van der Waals surface area contributed by atoms with Gasteiger partial charge in [0, 0.05) is 23.9 Å². The van der Waals surface area contributed by atoms with Crippen LogP contribution in [0.3, 0.4) is 0 Å². The molecule has 26 heavy (non-hydrogen) atoms. The molecule has 1 unspecified atom stereocenters. The number of aromatic nitrogens is 1. The summed E-state index contributed by atoms with van der Waals surface area (Å²) in [5.74, 6) is 2.21. The maximum absolute atomic E-state index is 5.73. The zero-order valence-electron chi connectivity index (χ0n) is 15.7. The summed E-state index contributed by atoms with van der Waals surface area (Å²) in [7, 11) is 1.80. The van der Waals surface area contributed by atoms with Crippen molar-refractivity contribution in [2.45, 2.75) is 45.7 Å². The number of halogens is 1. The van der Waals surface area contributed by atoms with Gasteiger partial charge >= 0.3 is 0 Å². The highest BCUT2D eigenvalue weighted by Gasteiger charge is 2.22. The Morgan fingerprint density at radius 3 is 2.85 bits per heavy atom. The highest BCUT2D eigenvalue weighted by molar-refractivity contribution is 14.0. The molecule has 1 aromatic carbocycles. The average Bonchev–Trinajstić information content (AvgIpc) is 2.99. The molecule has 5 nitrogen and oxygen atoms in total. The fraction of sp³-hybridized carbons (Fsp3) is 0.474. The van der Waals surface area contributed by atoms with E-state index in [-0.39, 0.29) is 30.0 Å². The van der Waals surface area contributed by atoms with Gasteiger partial charge in [0.1, 0.15) is 10.8 Å². The topological polar surface area (TPSA) is 58.5 Å². The third-order valence-electron chi connectivity index (χ3n) is 4.32. The predicted octanol–water partition coefficient (Wildman–Crippen LogP) is 4.38. The number of guanidine groups is 1. The first-order valence-corrected chi connectivity index (χ1v) is 9.55. The first-order chi connectivity index (χ1) is 12.1. The Hall–Kier alpha value is -1.35. The summed E-state index contributed by atoms with van der Waals surface area (Å²) in [6.45, 7) is 7.91. The van der Waals surface area contributed by atoms with E-state index in [9.17, 15) is 0 Å². The summed E-state index contributed by atoms with van der Waals surface area (Å²) >= 11 is 1.75. The molecule has 0 spiro atoms. The zero-order valence-corrected chi connectivity index (χ0v) is 18.9. The first kappa shape index (κ1) is 21.0. The van der Waals surface area contributed by atoms with Gasteiger partial charge in [-0.1, -0.05) is 32.0 Å². The molecule has 0 saturated heterocycles. The van der Waals surface area contributed by atoms with Gasteiger partial charge in [0.15, 0.2) is 5.96 Å². The van der Waals surface area contributed by atoms with Gasteiger partial charge in [0.05, 0.1) is 24.9 Å². The van der Waals surface area contributed by atoms with E-state index in [0.29, 0.717) is 12.5 Å². The number of hydrogen-bond acceptors (Lipinski definition) is 4. The average molecular weight is 486 g/mol. The molecule has 1 aromatic heterocycles.